The lowest BCUT2D eigenvalue weighted by Crippen LogP contribution is -2.18. The van der Waals surface area contributed by atoms with Crippen LogP contribution in [0.3, 0.4) is 0 Å². The summed E-state index contributed by atoms with van der Waals surface area (Å²) in [7, 11) is 0. The molecule has 0 aliphatic heterocycles. The number of nitrogens with one attached hydrogen (secondary N) is 1. The maximum atomic E-state index is 12.7. The van der Waals surface area contributed by atoms with Crippen LogP contribution in [0.25, 0.3) is 11.5 Å². The molecule has 0 bridgehead atoms. The van der Waals surface area contributed by atoms with E-state index in [1.807, 2.05) is 6.26 Å². The molecule has 0 fully saturated rings. The number of para-hydroxylation sites is 1. The zero-order chi connectivity index (χ0) is 20.1. The van der Waals surface area contributed by atoms with Crippen LogP contribution >= 0.6 is 11.9 Å². The van der Waals surface area contributed by atoms with Crippen molar-refractivity contribution in [3.05, 3.63) is 54.1 Å². The number of aliphatic hydroxyl groups excluding tert-OH is 1. The summed E-state index contributed by atoms with van der Waals surface area (Å²) < 4.78 is 45.5. The predicted molar refractivity (Wildman–Crippen MR) is 102 cm³/mol. The lowest BCUT2D eigenvalue weighted by Gasteiger charge is -2.14. The smallest absolute Gasteiger partial charge is 0.403 e. The van der Waals surface area contributed by atoms with Crippen LogP contribution in [0.2, 0.25) is 0 Å². The Bertz CT molecular complexity index is 916. The molecule has 3 aromatic rings. The van der Waals surface area contributed by atoms with Crippen LogP contribution in [0.1, 0.15) is 5.56 Å². The molecule has 0 saturated heterocycles. The van der Waals surface area contributed by atoms with E-state index < -0.39 is 11.7 Å². The van der Waals surface area contributed by atoms with Gasteiger partial charge in [-0.05, 0) is 48.3 Å². The Labute approximate surface area is 163 Å². The van der Waals surface area contributed by atoms with Crippen LogP contribution in [-0.2, 0) is 6.18 Å². The molecule has 0 unspecified atom stereocenters. The van der Waals surface area contributed by atoms with Gasteiger partial charge in [0, 0.05) is 11.9 Å². The van der Waals surface area contributed by atoms with Crippen molar-refractivity contribution < 1.29 is 22.7 Å². The van der Waals surface area contributed by atoms with Crippen LogP contribution in [-0.4, -0.2) is 34.7 Å². The van der Waals surface area contributed by atoms with E-state index >= 15 is 0 Å². The minimum atomic E-state index is -4.38. The number of alkyl halides is 3. The van der Waals surface area contributed by atoms with Gasteiger partial charge in [-0.25, -0.2) is 0 Å². The van der Waals surface area contributed by atoms with E-state index in [0.29, 0.717) is 23.5 Å². The van der Waals surface area contributed by atoms with Crippen molar-refractivity contribution in [3.63, 3.8) is 0 Å². The van der Waals surface area contributed by atoms with Crippen molar-refractivity contribution in [1.82, 2.24) is 10.2 Å². The summed E-state index contributed by atoms with van der Waals surface area (Å²) in [6, 6.07) is 12.1. The van der Waals surface area contributed by atoms with Gasteiger partial charge in [0.1, 0.15) is 0 Å². The average Bonchev–Trinajstić information content (AvgIpc) is 3.16. The SMILES string of the molecule is CSN(CCO)c1nnc(-c2ccccc2Nc2ccc(C(F)(F)F)cc2)o1. The number of rotatable bonds is 7. The van der Waals surface area contributed by atoms with Gasteiger partial charge in [0.15, 0.2) is 0 Å². The normalized spacial score (nSPS) is 11.5. The molecule has 1 aromatic heterocycles. The number of halogens is 3. The number of aliphatic hydroxyl groups is 1. The summed E-state index contributed by atoms with van der Waals surface area (Å²) in [6.07, 6.45) is -2.56. The third-order valence-corrected chi connectivity index (χ3v) is 4.58. The Morgan fingerprint density at radius 3 is 2.46 bits per heavy atom. The number of anilines is 3. The lowest BCUT2D eigenvalue weighted by molar-refractivity contribution is -0.137. The molecule has 0 spiro atoms. The summed E-state index contributed by atoms with van der Waals surface area (Å²) in [5.41, 5.74) is 0.988. The molecule has 148 valence electrons. The zero-order valence-corrected chi connectivity index (χ0v) is 15.6. The fourth-order valence-electron chi connectivity index (χ4n) is 2.46. The van der Waals surface area contributed by atoms with Gasteiger partial charge in [-0.15, -0.1) is 5.10 Å². The number of hydrogen-bond donors (Lipinski definition) is 2. The largest absolute Gasteiger partial charge is 0.416 e. The first-order valence-corrected chi connectivity index (χ1v) is 9.40. The Morgan fingerprint density at radius 2 is 1.82 bits per heavy atom. The van der Waals surface area contributed by atoms with Gasteiger partial charge in [-0.2, -0.15) is 13.2 Å². The minimum absolute atomic E-state index is 0.0649. The topological polar surface area (TPSA) is 74.4 Å². The number of hydrogen-bond acceptors (Lipinski definition) is 7. The Kier molecular flexibility index (Phi) is 6.10. The van der Waals surface area contributed by atoms with E-state index in [0.717, 1.165) is 12.1 Å². The molecule has 2 aromatic carbocycles. The summed E-state index contributed by atoms with van der Waals surface area (Å²) >= 11 is 1.34. The van der Waals surface area contributed by atoms with E-state index in [9.17, 15) is 13.2 Å². The Balaban J connectivity index is 1.85. The number of aromatic nitrogens is 2. The highest BCUT2D eigenvalue weighted by molar-refractivity contribution is 7.99. The highest BCUT2D eigenvalue weighted by Crippen LogP contribution is 2.33. The summed E-state index contributed by atoms with van der Waals surface area (Å²) in [5, 5.41) is 20.2. The molecular weight excluding hydrogens is 393 g/mol. The molecular formula is C18H17F3N4O2S. The molecule has 0 aliphatic carbocycles. The molecule has 1 heterocycles. The van der Waals surface area contributed by atoms with Gasteiger partial charge in [0.05, 0.1) is 30.0 Å². The molecule has 6 nitrogen and oxygen atoms in total. The van der Waals surface area contributed by atoms with Crippen molar-refractivity contribution in [2.45, 2.75) is 6.18 Å². The number of nitrogens with zero attached hydrogens (tertiary/aromatic N) is 3. The monoisotopic (exact) mass is 410 g/mol. The molecule has 0 saturated carbocycles. The standard InChI is InChI=1S/C18H17F3N4O2S/c1-28-25(10-11-26)17-24-23-16(27-17)14-4-2-3-5-15(14)22-13-8-6-12(7-9-13)18(19,20)21/h2-9,22,26H,10-11H2,1H3. The fourth-order valence-corrected chi connectivity index (χ4v) is 2.95. The molecule has 0 atom stereocenters. The number of benzene rings is 2. The first-order chi connectivity index (χ1) is 13.4. The van der Waals surface area contributed by atoms with Gasteiger partial charge in [-0.3, -0.25) is 4.31 Å². The van der Waals surface area contributed by atoms with Gasteiger partial charge < -0.3 is 14.8 Å². The van der Waals surface area contributed by atoms with Gasteiger partial charge in [-0.1, -0.05) is 17.2 Å². The van der Waals surface area contributed by atoms with Crippen molar-refractivity contribution in [2.75, 3.05) is 29.0 Å². The maximum absolute atomic E-state index is 12.7. The highest BCUT2D eigenvalue weighted by atomic mass is 32.2. The second-order valence-electron chi connectivity index (χ2n) is 5.64. The van der Waals surface area contributed by atoms with E-state index in [4.69, 9.17) is 9.52 Å². The van der Waals surface area contributed by atoms with Crippen molar-refractivity contribution >= 4 is 29.3 Å². The molecule has 0 aliphatic rings. The van der Waals surface area contributed by atoms with E-state index in [1.165, 1.54) is 24.1 Å². The second kappa shape index (κ2) is 8.53. The van der Waals surface area contributed by atoms with Crippen molar-refractivity contribution in [3.8, 4) is 11.5 Å². The van der Waals surface area contributed by atoms with E-state index in [1.54, 1.807) is 28.6 Å². The zero-order valence-electron chi connectivity index (χ0n) is 14.8. The van der Waals surface area contributed by atoms with Gasteiger partial charge >= 0.3 is 12.2 Å². The van der Waals surface area contributed by atoms with Gasteiger partial charge in [0.25, 0.3) is 5.89 Å². The van der Waals surface area contributed by atoms with E-state index in [-0.39, 0.29) is 18.5 Å². The third-order valence-electron chi connectivity index (χ3n) is 3.80. The molecule has 0 radical (unpaired) electrons. The average molecular weight is 410 g/mol. The van der Waals surface area contributed by atoms with Crippen LogP contribution in [0.5, 0.6) is 0 Å². The van der Waals surface area contributed by atoms with Crippen LogP contribution in [0, 0.1) is 0 Å². The fraction of sp³-hybridized carbons (Fsp3) is 0.222. The maximum Gasteiger partial charge on any atom is 0.416 e. The Morgan fingerprint density at radius 1 is 1.11 bits per heavy atom. The molecule has 2 N–H and O–H groups in total. The quantitative estimate of drug-likeness (QED) is 0.553. The first kappa shape index (κ1) is 20.0. The second-order valence-corrected chi connectivity index (χ2v) is 6.45. The van der Waals surface area contributed by atoms with E-state index in [2.05, 4.69) is 15.5 Å². The van der Waals surface area contributed by atoms with Crippen LogP contribution in [0.15, 0.2) is 52.9 Å². The summed E-state index contributed by atoms with van der Waals surface area (Å²) in [6.45, 7) is 0.263. The van der Waals surface area contributed by atoms with Crippen LogP contribution in [0.4, 0.5) is 30.6 Å². The lowest BCUT2D eigenvalue weighted by atomic mass is 10.1. The van der Waals surface area contributed by atoms with Crippen molar-refractivity contribution in [2.24, 2.45) is 0 Å². The highest BCUT2D eigenvalue weighted by Gasteiger charge is 2.30. The Hall–Kier alpha value is -2.72. The molecule has 3 rings (SSSR count). The first-order valence-electron chi connectivity index (χ1n) is 8.22. The molecule has 0 amide bonds. The summed E-state index contributed by atoms with van der Waals surface area (Å²) in [4.78, 5) is 0. The summed E-state index contributed by atoms with van der Waals surface area (Å²) in [5.74, 6) is 0.252. The molecule has 10 heteroatoms. The predicted octanol–water partition coefficient (Wildman–Crippen LogP) is 4.58. The minimum Gasteiger partial charge on any atom is -0.403 e. The van der Waals surface area contributed by atoms with Crippen molar-refractivity contribution in [1.29, 1.82) is 0 Å². The molecule has 28 heavy (non-hydrogen) atoms. The van der Waals surface area contributed by atoms with Crippen LogP contribution < -0.4 is 9.62 Å². The van der Waals surface area contributed by atoms with Gasteiger partial charge in [0.2, 0.25) is 0 Å². The third kappa shape index (κ3) is 4.57.